The number of nitrogens with one attached hydrogen (secondary N) is 1. The number of halogens is 5. The van der Waals surface area contributed by atoms with Crippen LogP contribution < -0.4 is 10.1 Å². The average molecular weight is 469 g/mol. The van der Waals surface area contributed by atoms with Crippen molar-refractivity contribution in [1.29, 1.82) is 0 Å². The Bertz CT molecular complexity index is 1180. The standard InChI is InChI=1S/C22H20F5N3O3/c1-11-9-30(4-5-31-11)17-10-32-18-8-12(23)2-3-14(18)19(17)28-15-6-13(24)7-16-20(15)33-21(29-16)22(25,26)27/h2-3,6-8,11,17,19,28H,4-5,9-10H2,1H3. The molecule has 0 radical (unpaired) electrons. The first-order chi connectivity index (χ1) is 15.7. The number of morpholine rings is 1. The molecule has 5 rings (SSSR count). The van der Waals surface area contributed by atoms with E-state index in [2.05, 4.69) is 15.2 Å². The third-order valence-corrected chi connectivity index (χ3v) is 5.85. The maximum Gasteiger partial charge on any atom is 0.468 e. The van der Waals surface area contributed by atoms with E-state index in [1.807, 2.05) is 6.92 Å². The smallest absolute Gasteiger partial charge is 0.468 e. The minimum absolute atomic E-state index is 0.0153. The van der Waals surface area contributed by atoms with Gasteiger partial charge < -0.3 is 19.2 Å². The molecule has 1 N–H and O–H groups in total. The van der Waals surface area contributed by atoms with Crippen molar-refractivity contribution in [3.63, 3.8) is 0 Å². The third-order valence-electron chi connectivity index (χ3n) is 5.85. The fraction of sp³-hybridized carbons (Fsp3) is 0.409. The molecule has 3 heterocycles. The van der Waals surface area contributed by atoms with Gasteiger partial charge in [0.2, 0.25) is 0 Å². The maximum atomic E-state index is 14.3. The second-order valence-corrected chi connectivity index (χ2v) is 8.18. The first kappa shape index (κ1) is 21.9. The van der Waals surface area contributed by atoms with Gasteiger partial charge in [-0.05, 0) is 13.0 Å². The van der Waals surface area contributed by atoms with Crippen LogP contribution in [0.2, 0.25) is 0 Å². The lowest BCUT2D eigenvalue weighted by molar-refractivity contribution is -0.156. The molecular formula is C22H20F5N3O3. The molecule has 1 fully saturated rings. The molecule has 2 aliphatic heterocycles. The highest BCUT2D eigenvalue weighted by Gasteiger charge is 2.40. The van der Waals surface area contributed by atoms with E-state index in [9.17, 15) is 22.0 Å². The van der Waals surface area contributed by atoms with Crippen LogP contribution in [0.3, 0.4) is 0 Å². The lowest BCUT2D eigenvalue weighted by atomic mass is 9.94. The van der Waals surface area contributed by atoms with Crippen molar-refractivity contribution in [2.45, 2.75) is 31.3 Å². The van der Waals surface area contributed by atoms with Crippen LogP contribution in [0, 0.1) is 11.6 Å². The summed E-state index contributed by atoms with van der Waals surface area (Å²) in [7, 11) is 0. The van der Waals surface area contributed by atoms with Gasteiger partial charge in [0.1, 0.15) is 29.5 Å². The van der Waals surface area contributed by atoms with Crippen molar-refractivity contribution in [2.75, 3.05) is 31.6 Å². The van der Waals surface area contributed by atoms with E-state index < -0.39 is 29.7 Å². The van der Waals surface area contributed by atoms with Gasteiger partial charge in [-0.3, -0.25) is 4.90 Å². The number of aromatic nitrogens is 1. The van der Waals surface area contributed by atoms with Crippen LogP contribution >= 0.6 is 0 Å². The molecule has 0 saturated carbocycles. The molecule has 2 aromatic carbocycles. The number of rotatable bonds is 3. The van der Waals surface area contributed by atoms with E-state index in [1.54, 1.807) is 6.07 Å². The minimum Gasteiger partial charge on any atom is -0.491 e. The molecule has 1 aromatic heterocycles. The molecule has 0 bridgehead atoms. The van der Waals surface area contributed by atoms with Crippen LogP contribution in [0.5, 0.6) is 5.75 Å². The molecule has 3 atom stereocenters. The summed E-state index contributed by atoms with van der Waals surface area (Å²) in [6.45, 7) is 3.84. The van der Waals surface area contributed by atoms with Crippen LogP contribution in [-0.4, -0.2) is 48.3 Å². The summed E-state index contributed by atoms with van der Waals surface area (Å²) in [6.07, 6.45) is -4.85. The highest BCUT2D eigenvalue weighted by Crippen LogP contribution is 2.40. The molecule has 11 heteroatoms. The van der Waals surface area contributed by atoms with Gasteiger partial charge in [0.25, 0.3) is 0 Å². The Balaban J connectivity index is 1.58. The molecule has 6 nitrogen and oxygen atoms in total. The summed E-state index contributed by atoms with van der Waals surface area (Å²) in [4.78, 5) is 5.54. The molecule has 3 unspecified atom stereocenters. The number of hydrogen-bond donors (Lipinski definition) is 1. The molecule has 3 aromatic rings. The number of hydrogen-bond acceptors (Lipinski definition) is 6. The van der Waals surface area contributed by atoms with Crippen LogP contribution in [0.1, 0.15) is 24.4 Å². The zero-order chi connectivity index (χ0) is 23.3. The van der Waals surface area contributed by atoms with Crippen LogP contribution in [0.15, 0.2) is 34.7 Å². The second kappa shape index (κ2) is 8.14. The third kappa shape index (κ3) is 4.22. The zero-order valence-corrected chi connectivity index (χ0v) is 17.5. The van der Waals surface area contributed by atoms with Gasteiger partial charge in [0.05, 0.1) is 30.5 Å². The molecule has 0 amide bonds. The van der Waals surface area contributed by atoms with Gasteiger partial charge in [0.15, 0.2) is 5.58 Å². The van der Waals surface area contributed by atoms with E-state index >= 15 is 0 Å². The zero-order valence-electron chi connectivity index (χ0n) is 17.5. The number of oxazole rings is 1. The number of benzene rings is 2. The maximum absolute atomic E-state index is 14.3. The lowest BCUT2D eigenvalue weighted by Gasteiger charge is -2.43. The Morgan fingerprint density at radius 3 is 2.70 bits per heavy atom. The number of anilines is 1. The molecule has 0 spiro atoms. The van der Waals surface area contributed by atoms with Crippen molar-refractivity contribution >= 4 is 16.8 Å². The van der Waals surface area contributed by atoms with E-state index in [0.717, 1.165) is 12.1 Å². The quantitative estimate of drug-likeness (QED) is 0.559. The van der Waals surface area contributed by atoms with Crippen LogP contribution in [0.25, 0.3) is 11.1 Å². The Labute approximate surface area is 185 Å². The number of alkyl halides is 3. The highest BCUT2D eigenvalue weighted by molar-refractivity contribution is 5.86. The van der Waals surface area contributed by atoms with Gasteiger partial charge in [-0.15, -0.1) is 0 Å². The summed E-state index contributed by atoms with van der Waals surface area (Å²) < 4.78 is 84.0. The average Bonchev–Trinajstić information content (AvgIpc) is 3.18. The van der Waals surface area contributed by atoms with E-state index in [0.29, 0.717) is 31.0 Å². The summed E-state index contributed by atoms with van der Waals surface area (Å²) in [6, 6.07) is 5.19. The lowest BCUT2D eigenvalue weighted by Crippen LogP contribution is -2.54. The van der Waals surface area contributed by atoms with E-state index in [1.165, 1.54) is 12.1 Å². The molecular weight excluding hydrogens is 449 g/mol. The van der Waals surface area contributed by atoms with E-state index in [4.69, 9.17) is 13.9 Å². The van der Waals surface area contributed by atoms with Gasteiger partial charge in [0, 0.05) is 36.9 Å². The highest BCUT2D eigenvalue weighted by atomic mass is 19.4. The number of ether oxygens (including phenoxy) is 2. The molecule has 1 saturated heterocycles. The molecule has 2 aliphatic rings. The summed E-state index contributed by atoms with van der Waals surface area (Å²) in [5.74, 6) is -2.40. The topological polar surface area (TPSA) is 59.8 Å². The fourth-order valence-corrected chi connectivity index (χ4v) is 4.40. The van der Waals surface area contributed by atoms with Gasteiger partial charge >= 0.3 is 12.1 Å². The normalized spacial score (nSPS) is 23.9. The van der Waals surface area contributed by atoms with Gasteiger partial charge in [-0.25, -0.2) is 13.8 Å². The van der Waals surface area contributed by atoms with Crippen molar-refractivity contribution in [3.05, 3.63) is 53.4 Å². The van der Waals surface area contributed by atoms with E-state index in [-0.39, 0.29) is 35.5 Å². The minimum atomic E-state index is -4.82. The largest absolute Gasteiger partial charge is 0.491 e. The van der Waals surface area contributed by atoms with Crippen molar-refractivity contribution in [2.24, 2.45) is 0 Å². The van der Waals surface area contributed by atoms with Gasteiger partial charge in [-0.2, -0.15) is 13.2 Å². The van der Waals surface area contributed by atoms with Crippen molar-refractivity contribution in [1.82, 2.24) is 9.88 Å². The van der Waals surface area contributed by atoms with Crippen LogP contribution in [0.4, 0.5) is 27.6 Å². The molecule has 176 valence electrons. The van der Waals surface area contributed by atoms with Crippen LogP contribution in [-0.2, 0) is 10.9 Å². The summed E-state index contributed by atoms with van der Waals surface area (Å²) in [5.41, 5.74) is 0.141. The Hall–Kier alpha value is -2.92. The number of fused-ring (bicyclic) bond motifs is 2. The Kier molecular flexibility index (Phi) is 5.40. The molecule has 0 aliphatic carbocycles. The monoisotopic (exact) mass is 469 g/mol. The second-order valence-electron chi connectivity index (χ2n) is 8.18. The summed E-state index contributed by atoms with van der Waals surface area (Å²) in [5, 5.41) is 3.14. The number of nitrogens with zero attached hydrogens (tertiary/aromatic N) is 2. The van der Waals surface area contributed by atoms with Crippen molar-refractivity contribution in [3.8, 4) is 5.75 Å². The SMILES string of the molecule is CC1CN(C2COc3cc(F)ccc3C2Nc2cc(F)cc3nc(C(F)(F)F)oc23)CCO1. The Morgan fingerprint density at radius 1 is 1.12 bits per heavy atom. The first-order valence-electron chi connectivity index (χ1n) is 10.4. The predicted molar refractivity (Wildman–Crippen MR) is 108 cm³/mol. The first-order valence-corrected chi connectivity index (χ1v) is 10.4. The van der Waals surface area contributed by atoms with Gasteiger partial charge in [-0.1, -0.05) is 6.07 Å². The Morgan fingerprint density at radius 2 is 1.94 bits per heavy atom. The molecule has 33 heavy (non-hydrogen) atoms. The summed E-state index contributed by atoms with van der Waals surface area (Å²) >= 11 is 0. The fourth-order valence-electron chi connectivity index (χ4n) is 4.40. The van der Waals surface area contributed by atoms with Crippen molar-refractivity contribution < 1.29 is 35.8 Å². The predicted octanol–water partition coefficient (Wildman–Crippen LogP) is 4.76.